The molecule has 0 aliphatic carbocycles. The van der Waals surface area contributed by atoms with Gasteiger partial charge in [-0.2, -0.15) is 5.11 Å². The normalized spacial score (nSPS) is 15.5. The van der Waals surface area contributed by atoms with E-state index in [1.54, 1.807) is 29.8 Å². The van der Waals surface area contributed by atoms with Crippen molar-refractivity contribution in [2.24, 2.45) is 10.2 Å². The number of nitrogens with zero attached hydrogens (tertiary/aromatic N) is 4. The molecule has 2 aromatic heterocycles. The summed E-state index contributed by atoms with van der Waals surface area (Å²) >= 11 is 0. The fourth-order valence-electron chi connectivity index (χ4n) is 3.46. The van der Waals surface area contributed by atoms with Gasteiger partial charge in [-0.05, 0) is 56.6 Å². The molecular weight excluding hydrogens is 359 g/mol. The number of methoxy groups -OCH3 is 1. The van der Waals surface area contributed by atoms with Gasteiger partial charge in [0.25, 0.3) is 0 Å². The van der Waals surface area contributed by atoms with Crippen LogP contribution in [0.1, 0.15) is 18.5 Å². The van der Waals surface area contributed by atoms with E-state index in [9.17, 15) is 4.39 Å². The lowest BCUT2D eigenvalue weighted by molar-refractivity contribution is 0.414. The van der Waals surface area contributed by atoms with E-state index < -0.39 is 5.82 Å². The molecule has 1 aliphatic rings. The lowest BCUT2D eigenvalue weighted by atomic mass is 10.1. The second kappa shape index (κ2) is 7.55. The summed E-state index contributed by atoms with van der Waals surface area (Å²) in [5, 5.41) is 12.1. The maximum absolute atomic E-state index is 14.5. The van der Waals surface area contributed by atoms with Gasteiger partial charge >= 0.3 is 0 Å². The third-order valence-corrected chi connectivity index (χ3v) is 4.91. The Kier molecular flexibility index (Phi) is 4.95. The van der Waals surface area contributed by atoms with Crippen LogP contribution in [0.2, 0.25) is 0 Å². The Balaban J connectivity index is 1.71. The van der Waals surface area contributed by atoms with Crippen LogP contribution < -0.4 is 15.8 Å². The van der Waals surface area contributed by atoms with Gasteiger partial charge in [-0.25, -0.2) is 9.37 Å². The molecule has 3 heterocycles. The highest BCUT2D eigenvalue weighted by molar-refractivity contribution is 5.79. The summed E-state index contributed by atoms with van der Waals surface area (Å²) < 4.78 is 21.6. The Bertz CT molecular complexity index is 1040. The second-order valence-electron chi connectivity index (χ2n) is 7.00. The average molecular weight is 382 g/mol. The summed E-state index contributed by atoms with van der Waals surface area (Å²) in [7, 11) is 1.56. The van der Waals surface area contributed by atoms with Crippen molar-refractivity contribution in [3.8, 4) is 16.9 Å². The number of piperidine rings is 1. The number of hydrogen-bond donors (Lipinski definition) is 2. The van der Waals surface area contributed by atoms with E-state index in [1.807, 2.05) is 13.1 Å². The van der Waals surface area contributed by atoms with Crippen molar-refractivity contribution in [2.75, 3.05) is 25.9 Å². The average Bonchev–Trinajstić information content (AvgIpc) is 3.08. The van der Waals surface area contributed by atoms with E-state index in [2.05, 4.69) is 20.5 Å². The summed E-state index contributed by atoms with van der Waals surface area (Å²) in [5.41, 5.74) is 9.65. The number of nitrogens with one attached hydrogen (secondary N) is 1. The fourth-order valence-corrected chi connectivity index (χ4v) is 3.46. The number of halogens is 1. The zero-order chi connectivity index (χ0) is 19.7. The molecule has 1 aliphatic heterocycles. The summed E-state index contributed by atoms with van der Waals surface area (Å²) in [6.07, 6.45) is 5.51. The first-order chi connectivity index (χ1) is 13.5. The van der Waals surface area contributed by atoms with Gasteiger partial charge in [0.05, 0.1) is 24.5 Å². The molecule has 1 aromatic carbocycles. The van der Waals surface area contributed by atoms with Crippen LogP contribution in [0.15, 0.2) is 40.8 Å². The Morgan fingerprint density at radius 2 is 2.00 bits per heavy atom. The van der Waals surface area contributed by atoms with Gasteiger partial charge in [-0.3, -0.25) is 0 Å². The number of azo groups is 1. The molecule has 4 rings (SSSR count). The molecule has 3 aromatic rings. The topological polar surface area (TPSA) is 89.3 Å². The smallest absolute Gasteiger partial charge is 0.173 e. The minimum Gasteiger partial charge on any atom is -0.494 e. The lowest BCUT2D eigenvalue weighted by Gasteiger charge is -2.18. The van der Waals surface area contributed by atoms with E-state index in [0.29, 0.717) is 28.3 Å². The van der Waals surface area contributed by atoms with Gasteiger partial charge < -0.3 is 20.2 Å². The molecule has 3 N–H and O–H groups in total. The molecule has 8 heteroatoms. The van der Waals surface area contributed by atoms with Crippen LogP contribution in [0.5, 0.6) is 5.75 Å². The molecule has 0 bridgehead atoms. The molecule has 28 heavy (non-hydrogen) atoms. The molecule has 0 unspecified atom stereocenters. The molecule has 146 valence electrons. The minimum atomic E-state index is -0.391. The predicted octanol–water partition coefficient (Wildman–Crippen LogP) is 3.88. The van der Waals surface area contributed by atoms with Crippen LogP contribution in [0.4, 0.5) is 15.8 Å². The number of ether oxygens (including phenoxy) is 1. The van der Waals surface area contributed by atoms with Gasteiger partial charge in [0.15, 0.2) is 11.5 Å². The highest BCUT2D eigenvalue weighted by atomic mass is 19.1. The first-order valence-electron chi connectivity index (χ1n) is 9.29. The van der Waals surface area contributed by atoms with Crippen molar-refractivity contribution in [3.63, 3.8) is 0 Å². The summed E-state index contributed by atoms with van der Waals surface area (Å²) in [5.74, 6) is 0.118. The lowest BCUT2D eigenvalue weighted by Crippen LogP contribution is -2.29. The van der Waals surface area contributed by atoms with Crippen LogP contribution in [0, 0.1) is 12.7 Å². The zero-order valence-corrected chi connectivity index (χ0v) is 15.9. The number of nitrogen functional groups attached to an aromatic ring is 1. The van der Waals surface area contributed by atoms with Crippen LogP contribution in [-0.2, 0) is 0 Å². The van der Waals surface area contributed by atoms with Gasteiger partial charge in [0.2, 0.25) is 0 Å². The molecule has 1 fully saturated rings. The van der Waals surface area contributed by atoms with Gasteiger partial charge in [0, 0.05) is 18.0 Å². The number of fused-ring (bicyclic) bond motifs is 1. The van der Waals surface area contributed by atoms with Crippen LogP contribution >= 0.6 is 0 Å². The highest BCUT2D eigenvalue weighted by Gasteiger charge is 2.15. The van der Waals surface area contributed by atoms with Crippen molar-refractivity contribution in [1.29, 1.82) is 0 Å². The van der Waals surface area contributed by atoms with Crippen molar-refractivity contribution in [2.45, 2.75) is 25.8 Å². The molecular formula is C20H23FN6O. The summed E-state index contributed by atoms with van der Waals surface area (Å²) in [6.45, 7) is 3.71. The maximum atomic E-state index is 14.5. The van der Waals surface area contributed by atoms with Gasteiger partial charge in [0.1, 0.15) is 11.4 Å². The second-order valence-corrected chi connectivity index (χ2v) is 7.00. The number of hydrogen-bond acceptors (Lipinski definition) is 6. The fraction of sp³-hybridized carbons (Fsp3) is 0.350. The Hall–Kier alpha value is -3.00. The Morgan fingerprint density at radius 1 is 1.21 bits per heavy atom. The van der Waals surface area contributed by atoms with Crippen LogP contribution in [0.25, 0.3) is 16.8 Å². The summed E-state index contributed by atoms with van der Waals surface area (Å²) in [4.78, 5) is 4.19. The molecule has 7 nitrogen and oxygen atoms in total. The quantitative estimate of drug-likeness (QED) is 0.529. The van der Waals surface area contributed by atoms with Crippen LogP contribution in [0.3, 0.4) is 0 Å². The molecule has 0 atom stereocenters. The number of rotatable bonds is 4. The van der Waals surface area contributed by atoms with E-state index in [4.69, 9.17) is 10.5 Å². The number of aryl methyl sites for hydroxylation is 1. The molecule has 0 spiro atoms. The third kappa shape index (κ3) is 3.55. The number of imidazole rings is 1. The minimum absolute atomic E-state index is 0.186. The van der Waals surface area contributed by atoms with Crippen LogP contribution in [-0.4, -0.2) is 35.6 Å². The molecule has 0 radical (unpaired) electrons. The van der Waals surface area contributed by atoms with Crippen molar-refractivity contribution >= 4 is 17.0 Å². The monoisotopic (exact) mass is 382 g/mol. The number of nitrogens with two attached hydrogens (primary N) is 1. The number of anilines is 1. The van der Waals surface area contributed by atoms with E-state index >= 15 is 0 Å². The SMILES string of the molecule is COc1cc(-c2cc(F)c3nc(C)cn3c2)cc(N)c1N=NC1CCNCC1. The first kappa shape index (κ1) is 18.4. The van der Waals surface area contributed by atoms with Gasteiger partial charge in [-0.15, -0.1) is 5.11 Å². The number of benzene rings is 1. The number of aromatic nitrogens is 2. The molecule has 0 amide bonds. The Morgan fingerprint density at radius 3 is 2.75 bits per heavy atom. The Labute approximate surface area is 162 Å². The summed E-state index contributed by atoms with van der Waals surface area (Å²) in [6, 6.07) is 5.21. The van der Waals surface area contributed by atoms with E-state index in [-0.39, 0.29) is 6.04 Å². The third-order valence-electron chi connectivity index (χ3n) is 4.91. The first-order valence-corrected chi connectivity index (χ1v) is 9.29. The highest BCUT2D eigenvalue weighted by Crippen LogP contribution is 2.39. The standard InChI is InChI=1S/C20H23FN6O/c1-12-10-27-11-14(7-16(21)20(27)24-12)13-8-17(22)19(18(9-13)28-2)26-25-15-3-5-23-6-4-15/h7-11,15,23H,3-6,22H2,1-2H3. The number of pyridine rings is 1. The largest absolute Gasteiger partial charge is 0.494 e. The van der Waals surface area contributed by atoms with Crippen molar-refractivity contribution in [3.05, 3.63) is 42.1 Å². The van der Waals surface area contributed by atoms with Crippen molar-refractivity contribution < 1.29 is 9.13 Å². The van der Waals surface area contributed by atoms with E-state index in [1.165, 1.54) is 6.07 Å². The van der Waals surface area contributed by atoms with Gasteiger partial charge in [-0.1, -0.05) is 0 Å². The predicted molar refractivity (Wildman–Crippen MR) is 107 cm³/mol. The molecule has 1 saturated heterocycles. The zero-order valence-electron chi connectivity index (χ0n) is 15.9. The van der Waals surface area contributed by atoms with Crippen molar-refractivity contribution in [1.82, 2.24) is 14.7 Å². The maximum Gasteiger partial charge on any atom is 0.173 e. The molecule has 0 saturated carbocycles. The van der Waals surface area contributed by atoms with E-state index in [0.717, 1.165) is 37.2 Å².